The third-order valence-electron chi connectivity index (χ3n) is 5.01. The molecule has 0 radical (unpaired) electrons. The van der Waals surface area contributed by atoms with E-state index in [0.29, 0.717) is 36.0 Å². The van der Waals surface area contributed by atoms with Gasteiger partial charge in [0.2, 0.25) is 11.9 Å². The molecule has 154 valence electrons. The number of carbonyl (C=O) groups is 1. The van der Waals surface area contributed by atoms with Gasteiger partial charge in [-0.2, -0.15) is 4.98 Å². The number of anilines is 3. The van der Waals surface area contributed by atoms with Gasteiger partial charge in [0.15, 0.2) is 0 Å². The maximum atomic E-state index is 12.0. The number of ether oxygens (including phenoxy) is 1. The topological polar surface area (TPSA) is 116 Å². The lowest BCUT2D eigenvalue weighted by molar-refractivity contribution is -0.116. The quantitative estimate of drug-likeness (QED) is 0.527. The molecule has 7 heteroatoms. The van der Waals surface area contributed by atoms with E-state index in [2.05, 4.69) is 15.3 Å². The molecular weight excluding hydrogens is 378 g/mol. The largest absolute Gasteiger partial charge is 0.383 e. The van der Waals surface area contributed by atoms with Crippen LogP contribution in [0.4, 0.5) is 17.5 Å². The summed E-state index contributed by atoms with van der Waals surface area (Å²) in [4.78, 5) is 20.5. The number of hydrogen-bond donors (Lipinski definition) is 3. The van der Waals surface area contributed by atoms with Crippen molar-refractivity contribution < 1.29 is 9.53 Å². The van der Waals surface area contributed by atoms with Gasteiger partial charge in [-0.3, -0.25) is 4.79 Å². The minimum Gasteiger partial charge on any atom is -0.383 e. The van der Waals surface area contributed by atoms with E-state index in [-0.39, 0.29) is 18.5 Å². The van der Waals surface area contributed by atoms with Crippen LogP contribution in [0.25, 0.3) is 11.1 Å². The van der Waals surface area contributed by atoms with E-state index in [1.54, 1.807) is 0 Å². The van der Waals surface area contributed by atoms with Crippen molar-refractivity contribution in [2.75, 3.05) is 16.8 Å². The van der Waals surface area contributed by atoms with Crippen LogP contribution in [-0.4, -0.2) is 15.9 Å². The van der Waals surface area contributed by atoms with Gasteiger partial charge in [0.1, 0.15) is 5.82 Å². The van der Waals surface area contributed by atoms with Gasteiger partial charge in [-0.25, -0.2) is 4.98 Å². The molecule has 0 atom stereocenters. The highest BCUT2D eigenvalue weighted by atomic mass is 16.5. The Bertz CT molecular complexity index is 1020. The van der Waals surface area contributed by atoms with Gasteiger partial charge in [-0.15, -0.1) is 0 Å². The fourth-order valence-corrected chi connectivity index (χ4v) is 3.32. The molecule has 0 spiro atoms. The first-order chi connectivity index (χ1) is 14.6. The first-order valence-electron chi connectivity index (χ1n) is 10.0. The van der Waals surface area contributed by atoms with Gasteiger partial charge in [-0.05, 0) is 42.0 Å². The average Bonchev–Trinajstić information content (AvgIpc) is 3.53. The third kappa shape index (κ3) is 5.12. The molecule has 0 saturated heterocycles. The number of aromatic nitrogens is 2. The molecule has 4 rings (SSSR count). The highest BCUT2D eigenvalue weighted by molar-refractivity contribution is 5.91. The van der Waals surface area contributed by atoms with E-state index < -0.39 is 0 Å². The Balaban J connectivity index is 1.48. The van der Waals surface area contributed by atoms with Crippen molar-refractivity contribution in [1.29, 1.82) is 0 Å². The minimum atomic E-state index is 0.0515. The number of nitrogens with one attached hydrogen (secondary N) is 1. The number of benzene rings is 2. The third-order valence-corrected chi connectivity index (χ3v) is 5.01. The first-order valence-corrected chi connectivity index (χ1v) is 10.0. The van der Waals surface area contributed by atoms with Crippen molar-refractivity contribution in [3.63, 3.8) is 0 Å². The van der Waals surface area contributed by atoms with Gasteiger partial charge in [0.25, 0.3) is 0 Å². The molecule has 0 bridgehead atoms. The van der Waals surface area contributed by atoms with Crippen LogP contribution in [0, 0.1) is 5.92 Å². The Morgan fingerprint density at radius 3 is 2.43 bits per heavy atom. The molecular formula is C23H25N5O2. The molecule has 1 heterocycles. The van der Waals surface area contributed by atoms with Gasteiger partial charge in [0.05, 0.1) is 18.9 Å². The zero-order valence-corrected chi connectivity index (χ0v) is 16.7. The minimum absolute atomic E-state index is 0.0515. The van der Waals surface area contributed by atoms with Crippen LogP contribution < -0.4 is 16.8 Å². The fraction of sp³-hybridized carbons (Fsp3) is 0.261. The molecule has 3 aromatic rings. The van der Waals surface area contributed by atoms with Crippen molar-refractivity contribution in [3.05, 3.63) is 65.9 Å². The summed E-state index contributed by atoms with van der Waals surface area (Å²) in [5, 5.41) is 2.94. The van der Waals surface area contributed by atoms with E-state index in [9.17, 15) is 4.79 Å². The number of nitrogens with zero attached hydrogens (tertiary/aromatic N) is 2. The Hall–Kier alpha value is -3.45. The van der Waals surface area contributed by atoms with E-state index in [0.717, 1.165) is 29.7 Å². The molecule has 0 unspecified atom stereocenters. The molecule has 30 heavy (non-hydrogen) atoms. The summed E-state index contributed by atoms with van der Waals surface area (Å²) in [6.45, 7) is 0.705. The normalized spacial score (nSPS) is 13.2. The number of carbonyl (C=O) groups excluding carboxylic acids is 1. The highest BCUT2D eigenvalue weighted by Gasteiger charge is 2.24. The van der Waals surface area contributed by atoms with Crippen LogP contribution in [0.3, 0.4) is 0 Å². The lowest BCUT2D eigenvalue weighted by Gasteiger charge is -2.13. The Kier molecular flexibility index (Phi) is 5.90. The maximum absolute atomic E-state index is 12.0. The second-order valence-corrected chi connectivity index (χ2v) is 7.54. The van der Waals surface area contributed by atoms with E-state index in [1.807, 2.05) is 54.6 Å². The second-order valence-electron chi connectivity index (χ2n) is 7.54. The summed E-state index contributed by atoms with van der Waals surface area (Å²) in [5.74, 6) is 1.01. The lowest BCUT2D eigenvalue weighted by Crippen LogP contribution is -2.12. The van der Waals surface area contributed by atoms with Crippen LogP contribution in [0.1, 0.15) is 30.5 Å². The van der Waals surface area contributed by atoms with Gasteiger partial charge in [-0.1, -0.05) is 42.5 Å². The molecule has 1 aliphatic rings. The van der Waals surface area contributed by atoms with Crippen molar-refractivity contribution in [2.45, 2.75) is 32.5 Å². The standard InChI is InChI=1S/C23H25N5O2/c24-22-21(17-8-10-18(11-9-17)26-20(29)12-15-6-7-15)19(27-23(25)28-22)14-30-13-16-4-2-1-3-5-16/h1-5,8-11,15H,6-7,12-14H2,(H,26,29)(H4,24,25,27,28). The SMILES string of the molecule is Nc1nc(N)c(-c2ccc(NC(=O)CC3CC3)cc2)c(COCc2ccccc2)n1. The van der Waals surface area contributed by atoms with Gasteiger partial charge < -0.3 is 21.5 Å². The predicted octanol–water partition coefficient (Wildman–Crippen LogP) is 3.76. The van der Waals surface area contributed by atoms with Crippen LogP contribution in [0.2, 0.25) is 0 Å². The average molecular weight is 403 g/mol. The summed E-state index contributed by atoms with van der Waals surface area (Å²) in [7, 11) is 0. The Morgan fingerprint density at radius 1 is 1.00 bits per heavy atom. The fourth-order valence-electron chi connectivity index (χ4n) is 3.32. The number of rotatable bonds is 8. The van der Waals surface area contributed by atoms with Crippen molar-refractivity contribution in [3.8, 4) is 11.1 Å². The zero-order chi connectivity index (χ0) is 20.9. The second kappa shape index (κ2) is 8.92. The summed E-state index contributed by atoms with van der Waals surface area (Å²) in [5.41, 5.74) is 15.9. The number of nitrogens with two attached hydrogens (primary N) is 2. The molecule has 1 saturated carbocycles. The Morgan fingerprint density at radius 2 is 1.73 bits per heavy atom. The van der Waals surface area contributed by atoms with Crippen molar-refractivity contribution >= 4 is 23.4 Å². The summed E-state index contributed by atoms with van der Waals surface area (Å²) < 4.78 is 5.84. The monoisotopic (exact) mass is 403 g/mol. The van der Waals surface area contributed by atoms with Crippen molar-refractivity contribution in [1.82, 2.24) is 9.97 Å². The number of hydrogen-bond acceptors (Lipinski definition) is 6. The summed E-state index contributed by atoms with van der Waals surface area (Å²) in [6, 6.07) is 17.4. The lowest BCUT2D eigenvalue weighted by atomic mass is 10.0. The van der Waals surface area contributed by atoms with E-state index in [4.69, 9.17) is 16.2 Å². The zero-order valence-electron chi connectivity index (χ0n) is 16.7. The molecule has 5 N–H and O–H groups in total. The van der Waals surface area contributed by atoms with E-state index >= 15 is 0 Å². The van der Waals surface area contributed by atoms with Crippen LogP contribution >= 0.6 is 0 Å². The first kappa shape index (κ1) is 19.8. The molecule has 1 fully saturated rings. The smallest absolute Gasteiger partial charge is 0.224 e. The van der Waals surface area contributed by atoms with Crippen LogP contribution in [0.5, 0.6) is 0 Å². The highest BCUT2D eigenvalue weighted by Crippen LogP contribution is 2.33. The molecule has 1 amide bonds. The maximum Gasteiger partial charge on any atom is 0.224 e. The molecule has 1 aliphatic carbocycles. The summed E-state index contributed by atoms with van der Waals surface area (Å²) >= 11 is 0. The Labute approximate surface area is 175 Å². The van der Waals surface area contributed by atoms with E-state index in [1.165, 1.54) is 0 Å². The predicted molar refractivity (Wildman–Crippen MR) is 117 cm³/mol. The molecule has 0 aliphatic heterocycles. The summed E-state index contributed by atoms with van der Waals surface area (Å²) in [6.07, 6.45) is 2.89. The van der Waals surface area contributed by atoms with Gasteiger partial charge in [0, 0.05) is 17.7 Å². The molecule has 2 aromatic carbocycles. The molecule has 7 nitrogen and oxygen atoms in total. The molecule has 1 aromatic heterocycles. The number of nitrogen functional groups attached to an aromatic ring is 2. The van der Waals surface area contributed by atoms with Crippen LogP contribution in [0.15, 0.2) is 54.6 Å². The van der Waals surface area contributed by atoms with Crippen molar-refractivity contribution in [2.24, 2.45) is 5.92 Å². The van der Waals surface area contributed by atoms with Gasteiger partial charge >= 0.3 is 0 Å². The van der Waals surface area contributed by atoms with Crippen LogP contribution in [-0.2, 0) is 22.7 Å². The number of amides is 1.